The molecule has 1 heterocycles. The number of hydrogen-bond donors (Lipinski definition) is 2. The molecule has 3 nitrogen and oxygen atoms in total. The van der Waals surface area contributed by atoms with Crippen LogP contribution < -0.4 is 5.32 Å². The Morgan fingerprint density at radius 2 is 1.67 bits per heavy atom. The van der Waals surface area contributed by atoms with Gasteiger partial charge in [-0.3, -0.25) is 4.79 Å². The lowest BCUT2D eigenvalue weighted by Crippen LogP contribution is -2.18. The molecular weight excluding hydrogens is 467 g/mol. The normalized spacial score (nSPS) is 12.2. The first-order valence-electron chi connectivity index (χ1n) is 9.81. The predicted octanol–water partition coefficient (Wildman–Crippen LogP) is 7.17. The van der Waals surface area contributed by atoms with Crippen LogP contribution in [-0.4, -0.2) is 17.3 Å². The summed E-state index contributed by atoms with van der Waals surface area (Å²) in [5, 5.41) is 12.7. The largest absolute Gasteiger partial charge is 0.499 e. The molecule has 0 radical (unpaired) electrons. The first-order valence-corrected chi connectivity index (χ1v) is 11.9. The first kappa shape index (κ1) is 22.9. The second kappa shape index (κ2) is 9.33. The van der Waals surface area contributed by atoms with Crippen molar-refractivity contribution in [2.45, 2.75) is 11.1 Å². The number of thioether (sulfide) groups is 1. The Bertz CT molecular complexity index is 1330. The van der Waals surface area contributed by atoms with Gasteiger partial charge in [-0.15, -0.1) is 11.8 Å². The number of hydrogen-bond acceptors (Lipinski definition) is 4. The molecule has 3 aromatic carbocycles. The van der Waals surface area contributed by atoms with Crippen LogP contribution in [0, 0.1) is 0 Å². The molecule has 0 fully saturated rings. The zero-order valence-corrected chi connectivity index (χ0v) is 18.9. The fourth-order valence-corrected chi connectivity index (χ4v) is 4.74. The number of nitrogens with one attached hydrogen (secondary N) is 1. The first-order chi connectivity index (χ1) is 15.8. The van der Waals surface area contributed by atoms with E-state index in [9.17, 15) is 23.1 Å². The molecule has 4 rings (SSSR count). The van der Waals surface area contributed by atoms with Gasteiger partial charge in [0.25, 0.3) is 5.91 Å². The van der Waals surface area contributed by atoms with Crippen molar-refractivity contribution in [3.63, 3.8) is 0 Å². The van der Waals surface area contributed by atoms with Crippen LogP contribution in [0.3, 0.4) is 0 Å². The van der Waals surface area contributed by atoms with Gasteiger partial charge < -0.3 is 10.4 Å². The number of halogens is 3. The highest BCUT2D eigenvalue weighted by Gasteiger charge is 2.31. The van der Waals surface area contributed by atoms with Crippen molar-refractivity contribution >= 4 is 44.7 Å². The maximum Gasteiger partial charge on any atom is 0.416 e. The minimum Gasteiger partial charge on any atom is -0.499 e. The van der Waals surface area contributed by atoms with Crippen LogP contribution >= 0.6 is 23.1 Å². The molecule has 1 amide bonds. The van der Waals surface area contributed by atoms with Crippen molar-refractivity contribution in [1.82, 2.24) is 5.32 Å². The van der Waals surface area contributed by atoms with Gasteiger partial charge in [0.05, 0.1) is 5.56 Å². The van der Waals surface area contributed by atoms with Gasteiger partial charge in [0, 0.05) is 26.8 Å². The number of thiophene rings is 1. The maximum atomic E-state index is 13.2. The number of amides is 1. The Morgan fingerprint density at radius 1 is 1.00 bits per heavy atom. The van der Waals surface area contributed by atoms with Crippen LogP contribution in [0.2, 0.25) is 0 Å². The highest BCUT2D eigenvalue weighted by Crippen LogP contribution is 2.40. The number of carbonyl (C=O) groups excluding carboxylic acids is 1. The minimum absolute atomic E-state index is 0.0591. The summed E-state index contributed by atoms with van der Waals surface area (Å²) in [5.74, 6) is -0.688. The predicted molar refractivity (Wildman–Crippen MR) is 128 cm³/mol. The minimum atomic E-state index is -4.55. The van der Waals surface area contributed by atoms with Crippen LogP contribution in [0.15, 0.2) is 83.9 Å². The van der Waals surface area contributed by atoms with Crippen molar-refractivity contribution in [3.05, 3.63) is 101 Å². The number of rotatable bonds is 5. The van der Waals surface area contributed by atoms with E-state index in [0.717, 1.165) is 45.1 Å². The Balaban J connectivity index is 1.73. The van der Waals surface area contributed by atoms with Gasteiger partial charge in [0.15, 0.2) is 5.06 Å². The third kappa shape index (κ3) is 4.91. The monoisotopic (exact) mass is 485 g/mol. The molecule has 8 heteroatoms. The van der Waals surface area contributed by atoms with E-state index in [-0.39, 0.29) is 16.0 Å². The molecule has 0 unspecified atom stereocenters. The summed E-state index contributed by atoms with van der Waals surface area (Å²) in [6.45, 7) is 0. The van der Waals surface area contributed by atoms with E-state index >= 15 is 0 Å². The second-order valence-electron chi connectivity index (χ2n) is 7.12. The molecule has 0 atom stereocenters. The smallest absolute Gasteiger partial charge is 0.416 e. The van der Waals surface area contributed by atoms with E-state index in [1.807, 2.05) is 60.9 Å². The quantitative estimate of drug-likeness (QED) is 0.295. The summed E-state index contributed by atoms with van der Waals surface area (Å²) in [6.07, 6.45) is -1.06. The van der Waals surface area contributed by atoms with Gasteiger partial charge in [-0.2, -0.15) is 13.2 Å². The zero-order chi connectivity index (χ0) is 23.6. The Kier molecular flexibility index (Phi) is 6.49. The number of fused-ring (bicyclic) bond motifs is 1. The van der Waals surface area contributed by atoms with Gasteiger partial charge in [-0.25, -0.2) is 0 Å². The lowest BCUT2D eigenvalue weighted by atomic mass is 9.99. The third-order valence-corrected chi connectivity index (χ3v) is 6.77. The summed E-state index contributed by atoms with van der Waals surface area (Å²) >= 11 is 2.47. The summed E-state index contributed by atoms with van der Waals surface area (Å²) in [6, 6.07) is 20.3. The molecule has 33 heavy (non-hydrogen) atoms. The molecule has 0 saturated carbocycles. The van der Waals surface area contributed by atoms with E-state index < -0.39 is 17.6 Å². The van der Waals surface area contributed by atoms with Crippen LogP contribution in [-0.2, 0) is 6.18 Å². The number of carbonyl (C=O) groups is 1. The average molecular weight is 486 g/mol. The van der Waals surface area contributed by atoms with Crippen LogP contribution in [0.4, 0.5) is 13.2 Å². The Labute approximate surface area is 196 Å². The summed E-state index contributed by atoms with van der Waals surface area (Å²) in [7, 11) is 0. The van der Waals surface area contributed by atoms with Gasteiger partial charge in [-0.05, 0) is 47.7 Å². The van der Waals surface area contributed by atoms with Crippen molar-refractivity contribution < 1.29 is 23.1 Å². The Hall–Kier alpha value is -3.23. The third-order valence-electron chi connectivity index (χ3n) is 5.06. The molecular formula is C25H18F3NO2S2. The van der Waals surface area contributed by atoms with Crippen molar-refractivity contribution in [2.24, 2.45) is 0 Å². The zero-order valence-electron chi connectivity index (χ0n) is 17.3. The van der Waals surface area contributed by atoms with E-state index in [2.05, 4.69) is 5.32 Å². The molecule has 0 aliphatic heterocycles. The van der Waals surface area contributed by atoms with Crippen molar-refractivity contribution in [1.29, 1.82) is 0 Å². The molecule has 0 aliphatic carbocycles. The molecule has 0 aliphatic rings. The summed E-state index contributed by atoms with van der Waals surface area (Å²) < 4.78 is 39.9. The molecule has 0 bridgehead atoms. The standard InChI is InChI=1S/C25H18F3NO2S2/c1-32-18-10-7-16(8-11-18)20(15-5-3-2-4-6-15)14-29-23(30)22-19-13-17(25(26,27)28)9-12-21(19)33-24(22)31/h2-14,31H,1H3,(H,29,30)/b20-14+. The second-order valence-corrected chi connectivity index (χ2v) is 9.03. The topological polar surface area (TPSA) is 49.3 Å². The summed E-state index contributed by atoms with van der Waals surface area (Å²) in [5.41, 5.74) is 1.39. The molecule has 168 valence electrons. The summed E-state index contributed by atoms with van der Waals surface area (Å²) in [4.78, 5) is 14.1. The van der Waals surface area contributed by atoms with Gasteiger partial charge in [-0.1, -0.05) is 53.8 Å². The fraction of sp³-hybridized carbons (Fsp3) is 0.0800. The van der Waals surface area contributed by atoms with Gasteiger partial charge in [0.1, 0.15) is 5.56 Å². The molecule has 4 aromatic rings. The fourth-order valence-electron chi connectivity index (χ4n) is 3.41. The number of aromatic hydroxyl groups is 1. The van der Waals surface area contributed by atoms with E-state index in [1.54, 1.807) is 11.8 Å². The lowest BCUT2D eigenvalue weighted by Gasteiger charge is -2.10. The highest BCUT2D eigenvalue weighted by atomic mass is 32.2. The average Bonchev–Trinajstić information content (AvgIpc) is 3.14. The van der Waals surface area contributed by atoms with E-state index in [0.29, 0.717) is 4.70 Å². The maximum absolute atomic E-state index is 13.2. The number of benzene rings is 3. The molecule has 1 aromatic heterocycles. The van der Waals surface area contributed by atoms with E-state index in [4.69, 9.17) is 0 Å². The van der Waals surface area contributed by atoms with Crippen LogP contribution in [0.5, 0.6) is 5.06 Å². The van der Waals surface area contributed by atoms with Crippen molar-refractivity contribution in [3.8, 4) is 5.06 Å². The highest BCUT2D eigenvalue weighted by molar-refractivity contribution is 7.98. The van der Waals surface area contributed by atoms with Gasteiger partial charge >= 0.3 is 6.18 Å². The molecule has 2 N–H and O–H groups in total. The van der Waals surface area contributed by atoms with Crippen molar-refractivity contribution in [2.75, 3.05) is 6.26 Å². The molecule has 0 spiro atoms. The Morgan fingerprint density at radius 3 is 2.30 bits per heavy atom. The SMILES string of the molecule is CSc1ccc(/C(=C/NC(=O)c2c(O)sc3ccc(C(F)(F)F)cc23)c2ccccc2)cc1. The van der Waals surface area contributed by atoms with E-state index in [1.165, 1.54) is 12.3 Å². The van der Waals surface area contributed by atoms with Gasteiger partial charge in [0.2, 0.25) is 0 Å². The van der Waals surface area contributed by atoms with Crippen LogP contribution in [0.25, 0.3) is 15.7 Å². The molecule has 0 saturated heterocycles. The van der Waals surface area contributed by atoms with Crippen LogP contribution in [0.1, 0.15) is 27.0 Å². The number of alkyl halides is 3. The lowest BCUT2D eigenvalue weighted by molar-refractivity contribution is -0.137.